The van der Waals surface area contributed by atoms with Gasteiger partial charge in [-0.2, -0.15) is 0 Å². The fourth-order valence-electron chi connectivity index (χ4n) is 3.18. The van der Waals surface area contributed by atoms with Gasteiger partial charge in [0.05, 0.1) is 11.1 Å². The predicted molar refractivity (Wildman–Crippen MR) is 114 cm³/mol. The zero-order valence-electron chi connectivity index (χ0n) is 17.3. The van der Waals surface area contributed by atoms with E-state index in [9.17, 15) is 9.59 Å². The van der Waals surface area contributed by atoms with Crippen LogP contribution in [-0.4, -0.2) is 34.9 Å². The van der Waals surface area contributed by atoms with E-state index in [0.29, 0.717) is 12.1 Å². The lowest BCUT2D eigenvalue weighted by Gasteiger charge is -2.22. The van der Waals surface area contributed by atoms with Gasteiger partial charge >= 0.3 is 5.97 Å². The van der Waals surface area contributed by atoms with Gasteiger partial charge in [0, 0.05) is 24.7 Å². The van der Waals surface area contributed by atoms with E-state index in [0.717, 1.165) is 22.2 Å². The third-order valence-corrected chi connectivity index (χ3v) is 4.82. The lowest BCUT2D eigenvalue weighted by Crippen LogP contribution is -2.37. The van der Waals surface area contributed by atoms with Gasteiger partial charge in [-0.15, -0.1) is 0 Å². The second kappa shape index (κ2) is 8.86. The van der Waals surface area contributed by atoms with Crippen molar-refractivity contribution in [2.45, 2.75) is 39.3 Å². The maximum atomic E-state index is 12.9. The maximum Gasteiger partial charge on any atom is 0.339 e. The Labute approximate surface area is 171 Å². The number of carbonyl (C=O) groups is 2. The number of benzene rings is 2. The van der Waals surface area contributed by atoms with Crippen LogP contribution in [0.15, 0.2) is 60.7 Å². The van der Waals surface area contributed by atoms with E-state index in [1.54, 1.807) is 24.9 Å². The molecule has 0 fully saturated rings. The summed E-state index contributed by atoms with van der Waals surface area (Å²) in [5.41, 5.74) is 3.01. The highest BCUT2D eigenvalue weighted by atomic mass is 16.5. The molecule has 1 amide bonds. The van der Waals surface area contributed by atoms with Gasteiger partial charge in [-0.1, -0.05) is 62.4 Å². The number of hydrogen-bond acceptors (Lipinski definition) is 4. The van der Waals surface area contributed by atoms with Gasteiger partial charge in [-0.25, -0.2) is 4.79 Å². The Kier molecular flexibility index (Phi) is 6.27. The van der Waals surface area contributed by atoms with E-state index in [2.05, 4.69) is 4.98 Å². The number of fused-ring (bicyclic) bond motifs is 1. The smallest absolute Gasteiger partial charge is 0.339 e. The van der Waals surface area contributed by atoms with Crippen LogP contribution in [0, 0.1) is 0 Å². The first kappa shape index (κ1) is 20.5. The molecule has 0 radical (unpaired) electrons. The molecule has 0 aliphatic heterocycles. The van der Waals surface area contributed by atoms with E-state index in [1.165, 1.54) is 0 Å². The Morgan fingerprint density at radius 3 is 2.34 bits per heavy atom. The molecule has 0 saturated carbocycles. The molecule has 1 atom stereocenters. The van der Waals surface area contributed by atoms with Gasteiger partial charge in [-0.05, 0) is 30.5 Å². The van der Waals surface area contributed by atoms with E-state index in [1.807, 2.05) is 68.4 Å². The molecule has 3 rings (SSSR count). The van der Waals surface area contributed by atoms with Crippen molar-refractivity contribution >= 4 is 22.8 Å². The lowest BCUT2D eigenvalue weighted by atomic mass is 10.0. The second-order valence-electron chi connectivity index (χ2n) is 7.49. The summed E-state index contributed by atoms with van der Waals surface area (Å²) in [5.74, 6) is -0.591. The molecule has 29 heavy (non-hydrogen) atoms. The van der Waals surface area contributed by atoms with Crippen molar-refractivity contribution < 1.29 is 14.3 Å². The number of nitrogens with zero attached hydrogens (tertiary/aromatic N) is 2. The molecule has 1 unspecified atom stereocenters. The number of ether oxygens (including phenoxy) is 1. The molecule has 5 heteroatoms. The van der Waals surface area contributed by atoms with Crippen molar-refractivity contribution in [3.63, 3.8) is 0 Å². The molecule has 1 aromatic heterocycles. The lowest BCUT2D eigenvalue weighted by molar-refractivity contribution is -0.139. The van der Waals surface area contributed by atoms with Gasteiger partial charge in [0.1, 0.15) is 0 Å². The van der Waals surface area contributed by atoms with Gasteiger partial charge < -0.3 is 9.64 Å². The first-order chi connectivity index (χ1) is 13.9. The fourth-order valence-corrected chi connectivity index (χ4v) is 3.18. The van der Waals surface area contributed by atoms with Crippen LogP contribution in [0.25, 0.3) is 10.9 Å². The highest BCUT2D eigenvalue weighted by Gasteiger charge is 2.24. The zero-order valence-corrected chi connectivity index (χ0v) is 17.3. The molecule has 150 valence electrons. The minimum atomic E-state index is -0.884. The van der Waals surface area contributed by atoms with Crippen LogP contribution >= 0.6 is 0 Å². The summed E-state index contributed by atoms with van der Waals surface area (Å²) in [6, 6.07) is 18.9. The number of esters is 1. The third-order valence-electron chi connectivity index (χ3n) is 4.82. The van der Waals surface area contributed by atoms with Crippen molar-refractivity contribution in [1.29, 1.82) is 0 Å². The van der Waals surface area contributed by atoms with Gasteiger partial charge in [-0.3, -0.25) is 9.78 Å². The Bertz CT molecular complexity index is 1020. The number of rotatable bonds is 6. The topological polar surface area (TPSA) is 59.5 Å². The summed E-state index contributed by atoms with van der Waals surface area (Å²) in [7, 11) is 1.71. The summed E-state index contributed by atoms with van der Waals surface area (Å²) < 4.78 is 5.54. The number of amides is 1. The van der Waals surface area contributed by atoms with Crippen LogP contribution in [0.4, 0.5) is 0 Å². The van der Waals surface area contributed by atoms with Crippen molar-refractivity contribution in [1.82, 2.24) is 9.88 Å². The van der Waals surface area contributed by atoms with Crippen molar-refractivity contribution in [2.24, 2.45) is 0 Å². The molecule has 0 aliphatic rings. The van der Waals surface area contributed by atoms with Crippen LogP contribution in [-0.2, 0) is 16.1 Å². The van der Waals surface area contributed by atoms with Gasteiger partial charge in [0.25, 0.3) is 5.91 Å². The van der Waals surface area contributed by atoms with E-state index >= 15 is 0 Å². The average molecular weight is 390 g/mol. The molecule has 0 N–H and O–H groups in total. The predicted octanol–water partition coefficient (Wildman–Crippen LogP) is 4.56. The molecule has 1 heterocycles. The third kappa shape index (κ3) is 4.80. The summed E-state index contributed by atoms with van der Waals surface area (Å²) in [6.45, 7) is 6.11. The standard InChI is InChI=1S/C24H26N2O3/c1-16(2)22-14-20(19-12-8-9-13-21(19)25-22)24(28)29-17(3)23(27)26(4)15-18-10-6-5-7-11-18/h5-14,16-17H,15H2,1-4H3. The van der Waals surface area contributed by atoms with Crippen LogP contribution in [0.2, 0.25) is 0 Å². The molecule has 3 aromatic rings. The monoisotopic (exact) mass is 390 g/mol. The molecule has 0 aliphatic carbocycles. The van der Waals surface area contributed by atoms with Gasteiger partial charge in [0.15, 0.2) is 6.10 Å². The molecule has 0 bridgehead atoms. The Morgan fingerprint density at radius 2 is 1.66 bits per heavy atom. The first-order valence-electron chi connectivity index (χ1n) is 9.76. The number of aromatic nitrogens is 1. The molecule has 0 spiro atoms. The summed E-state index contributed by atoms with van der Waals surface area (Å²) in [5, 5.41) is 0.721. The Hall–Kier alpha value is -3.21. The average Bonchev–Trinajstić information content (AvgIpc) is 2.72. The van der Waals surface area contributed by atoms with Crippen LogP contribution in [0.3, 0.4) is 0 Å². The SMILES string of the molecule is CC(OC(=O)c1cc(C(C)C)nc2ccccc12)C(=O)N(C)Cc1ccccc1. The van der Waals surface area contributed by atoms with Gasteiger partial charge in [0.2, 0.25) is 0 Å². The van der Waals surface area contributed by atoms with Crippen molar-refractivity contribution in [2.75, 3.05) is 7.05 Å². The molecule has 0 saturated heterocycles. The highest BCUT2D eigenvalue weighted by Crippen LogP contribution is 2.23. The number of para-hydroxylation sites is 1. The summed E-state index contributed by atoms with van der Waals surface area (Å²) in [6.07, 6.45) is -0.884. The van der Waals surface area contributed by atoms with E-state index < -0.39 is 12.1 Å². The number of pyridine rings is 1. The number of hydrogen-bond donors (Lipinski definition) is 0. The van der Waals surface area contributed by atoms with Crippen molar-refractivity contribution in [3.05, 3.63) is 77.5 Å². The summed E-state index contributed by atoms with van der Waals surface area (Å²) in [4.78, 5) is 31.8. The second-order valence-corrected chi connectivity index (χ2v) is 7.49. The van der Waals surface area contributed by atoms with Crippen LogP contribution < -0.4 is 0 Å². The Balaban J connectivity index is 1.78. The van der Waals surface area contributed by atoms with Crippen LogP contribution in [0.1, 0.15) is 48.3 Å². The fraction of sp³-hybridized carbons (Fsp3) is 0.292. The maximum absolute atomic E-state index is 12.9. The molecule has 5 nitrogen and oxygen atoms in total. The molecular formula is C24H26N2O3. The quantitative estimate of drug-likeness (QED) is 0.579. The summed E-state index contributed by atoms with van der Waals surface area (Å²) >= 11 is 0. The number of carbonyl (C=O) groups excluding carboxylic acids is 2. The van der Waals surface area contributed by atoms with E-state index in [4.69, 9.17) is 4.74 Å². The minimum absolute atomic E-state index is 0.169. The zero-order chi connectivity index (χ0) is 21.0. The minimum Gasteiger partial charge on any atom is -0.449 e. The normalized spacial score (nSPS) is 12.0. The Morgan fingerprint density at radius 1 is 1.00 bits per heavy atom. The number of likely N-dealkylation sites (N-methyl/N-ethyl adjacent to an activating group) is 1. The largest absolute Gasteiger partial charge is 0.449 e. The molecule has 2 aromatic carbocycles. The van der Waals surface area contributed by atoms with E-state index in [-0.39, 0.29) is 11.8 Å². The van der Waals surface area contributed by atoms with Crippen molar-refractivity contribution in [3.8, 4) is 0 Å². The first-order valence-corrected chi connectivity index (χ1v) is 9.76. The molecular weight excluding hydrogens is 364 g/mol. The highest BCUT2D eigenvalue weighted by molar-refractivity contribution is 6.04. The van der Waals surface area contributed by atoms with Crippen LogP contribution in [0.5, 0.6) is 0 Å².